The Bertz CT molecular complexity index is 141. The van der Waals surface area contributed by atoms with Crippen LogP contribution in [0.1, 0.15) is 26.2 Å². The molecule has 0 aromatic carbocycles. The zero-order valence-corrected chi connectivity index (χ0v) is 8.00. The molecule has 2 heteroatoms. The second-order valence-electron chi connectivity index (χ2n) is 3.64. The second kappa shape index (κ2) is 4.63. The first-order valence-electron chi connectivity index (χ1n) is 4.88. The van der Waals surface area contributed by atoms with Crippen molar-refractivity contribution in [2.45, 2.75) is 38.3 Å². The minimum absolute atomic E-state index is 0.338. The molecule has 0 aromatic rings. The average molecular weight is 168 g/mol. The Morgan fingerprint density at radius 2 is 2.33 bits per heavy atom. The van der Waals surface area contributed by atoms with Crippen molar-refractivity contribution in [3.05, 3.63) is 12.7 Å². The average Bonchev–Trinajstić information content (AvgIpc) is 2.86. The van der Waals surface area contributed by atoms with Gasteiger partial charge in [0.1, 0.15) is 0 Å². The first kappa shape index (κ1) is 9.75. The van der Waals surface area contributed by atoms with E-state index in [1.165, 1.54) is 12.8 Å². The maximum Gasteiger partial charge on any atom is 0.0165 e. The number of hydrogen-bond donors (Lipinski definition) is 1. The largest absolute Gasteiger partial charge is 0.327 e. The molecule has 1 rings (SSSR count). The van der Waals surface area contributed by atoms with Gasteiger partial charge in [-0.1, -0.05) is 13.0 Å². The Labute approximate surface area is 75.4 Å². The second-order valence-corrected chi connectivity index (χ2v) is 3.64. The molecule has 0 aliphatic heterocycles. The van der Waals surface area contributed by atoms with Gasteiger partial charge in [-0.05, 0) is 19.3 Å². The third kappa shape index (κ3) is 2.95. The van der Waals surface area contributed by atoms with Gasteiger partial charge < -0.3 is 5.73 Å². The Morgan fingerprint density at radius 3 is 2.75 bits per heavy atom. The Hall–Kier alpha value is -0.340. The van der Waals surface area contributed by atoms with Crippen LogP contribution < -0.4 is 5.73 Å². The standard InChI is InChI=1S/C10H20N2/c1-3-7-12(10-5-6-10)8-9(11)4-2/h3,9-10H,1,4-8,11H2,2H3. The van der Waals surface area contributed by atoms with E-state index in [-0.39, 0.29) is 0 Å². The number of hydrogen-bond acceptors (Lipinski definition) is 2. The molecule has 70 valence electrons. The van der Waals surface area contributed by atoms with E-state index in [0.717, 1.165) is 25.6 Å². The van der Waals surface area contributed by atoms with Gasteiger partial charge in [-0.15, -0.1) is 6.58 Å². The molecule has 1 saturated carbocycles. The van der Waals surface area contributed by atoms with Crippen LogP contribution in [0.3, 0.4) is 0 Å². The zero-order chi connectivity index (χ0) is 8.97. The maximum atomic E-state index is 5.89. The van der Waals surface area contributed by atoms with Crippen LogP contribution in [0.4, 0.5) is 0 Å². The van der Waals surface area contributed by atoms with Gasteiger partial charge in [0.25, 0.3) is 0 Å². The van der Waals surface area contributed by atoms with Crippen molar-refractivity contribution in [2.75, 3.05) is 13.1 Å². The van der Waals surface area contributed by atoms with E-state index in [1.807, 2.05) is 6.08 Å². The molecule has 1 atom stereocenters. The number of nitrogens with two attached hydrogens (primary N) is 1. The minimum Gasteiger partial charge on any atom is -0.327 e. The minimum atomic E-state index is 0.338. The quantitative estimate of drug-likeness (QED) is 0.607. The van der Waals surface area contributed by atoms with E-state index >= 15 is 0 Å². The fourth-order valence-electron chi connectivity index (χ4n) is 1.41. The molecular formula is C10H20N2. The first-order valence-corrected chi connectivity index (χ1v) is 4.88. The summed E-state index contributed by atoms with van der Waals surface area (Å²) in [5.74, 6) is 0. The topological polar surface area (TPSA) is 29.3 Å². The predicted octanol–water partition coefficient (Wildman–Crippen LogP) is 1.37. The SMILES string of the molecule is C=CCN(CC(N)CC)C1CC1. The Kier molecular flexibility index (Phi) is 3.76. The zero-order valence-electron chi connectivity index (χ0n) is 8.00. The summed E-state index contributed by atoms with van der Waals surface area (Å²) in [6.07, 6.45) is 5.75. The number of nitrogens with zero attached hydrogens (tertiary/aromatic N) is 1. The lowest BCUT2D eigenvalue weighted by Crippen LogP contribution is -2.38. The van der Waals surface area contributed by atoms with Crippen molar-refractivity contribution < 1.29 is 0 Å². The van der Waals surface area contributed by atoms with Crippen LogP contribution in [0.2, 0.25) is 0 Å². The molecule has 1 fully saturated rings. The smallest absolute Gasteiger partial charge is 0.0165 e. The lowest BCUT2D eigenvalue weighted by Gasteiger charge is -2.23. The highest BCUT2D eigenvalue weighted by Gasteiger charge is 2.28. The third-order valence-electron chi connectivity index (χ3n) is 2.42. The van der Waals surface area contributed by atoms with E-state index in [0.29, 0.717) is 6.04 Å². The molecule has 1 aliphatic rings. The van der Waals surface area contributed by atoms with Gasteiger partial charge in [-0.3, -0.25) is 4.90 Å². The van der Waals surface area contributed by atoms with Crippen molar-refractivity contribution in [3.8, 4) is 0 Å². The third-order valence-corrected chi connectivity index (χ3v) is 2.42. The maximum absolute atomic E-state index is 5.89. The molecule has 0 amide bonds. The summed E-state index contributed by atoms with van der Waals surface area (Å²) in [5.41, 5.74) is 5.89. The van der Waals surface area contributed by atoms with Crippen LogP contribution in [0, 0.1) is 0 Å². The molecule has 0 bridgehead atoms. The fourth-order valence-corrected chi connectivity index (χ4v) is 1.41. The summed E-state index contributed by atoms with van der Waals surface area (Å²) in [6, 6.07) is 1.14. The van der Waals surface area contributed by atoms with Gasteiger partial charge in [-0.2, -0.15) is 0 Å². The van der Waals surface area contributed by atoms with Gasteiger partial charge in [0.05, 0.1) is 0 Å². The summed E-state index contributed by atoms with van der Waals surface area (Å²) in [5, 5.41) is 0. The molecular weight excluding hydrogens is 148 g/mol. The normalized spacial score (nSPS) is 19.6. The molecule has 2 nitrogen and oxygen atoms in total. The van der Waals surface area contributed by atoms with Gasteiger partial charge >= 0.3 is 0 Å². The molecule has 2 N–H and O–H groups in total. The Balaban J connectivity index is 2.26. The summed E-state index contributed by atoms with van der Waals surface area (Å²) >= 11 is 0. The van der Waals surface area contributed by atoms with Crippen molar-refractivity contribution in [1.29, 1.82) is 0 Å². The van der Waals surface area contributed by atoms with Gasteiger partial charge in [0, 0.05) is 25.2 Å². The van der Waals surface area contributed by atoms with Gasteiger partial charge in [0.15, 0.2) is 0 Å². The lowest BCUT2D eigenvalue weighted by atomic mass is 10.2. The Morgan fingerprint density at radius 1 is 1.67 bits per heavy atom. The van der Waals surface area contributed by atoms with E-state index in [9.17, 15) is 0 Å². The number of rotatable bonds is 6. The molecule has 0 spiro atoms. The molecule has 0 saturated heterocycles. The molecule has 0 aromatic heterocycles. The summed E-state index contributed by atoms with van der Waals surface area (Å²) in [6.45, 7) is 7.94. The van der Waals surface area contributed by atoms with Crippen LogP contribution >= 0.6 is 0 Å². The first-order chi connectivity index (χ1) is 5.77. The lowest BCUT2D eigenvalue weighted by molar-refractivity contribution is 0.270. The summed E-state index contributed by atoms with van der Waals surface area (Å²) in [7, 11) is 0. The summed E-state index contributed by atoms with van der Waals surface area (Å²) in [4.78, 5) is 2.45. The monoisotopic (exact) mass is 168 g/mol. The van der Waals surface area contributed by atoms with E-state index in [1.54, 1.807) is 0 Å². The van der Waals surface area contributed by atoms with Crippen LogP contribution in [0.5, 0.6) is 0 Å². The van der Waals surface area contributed by atoms with E-state index < -0.39 is 0 Å². The van der Waals surface area contributed by atoms with Crippen LogP contribution in [0.25, 0.3) is 0 Å². The van der Waals surface area contributed by atoms with E-state index in [4.69, 9.17) is 5.73 Å². The molecule has 12 heavy (non-hydrogen) atoms. The fraction of sp³-hybridized carbons (Fsp3) is 0.800. The van der Waals surface area contributed by atoms with Gasteiger partial charge in [0.2, 0.25) is 0 Å². The van der Waals surface area contributed by atoms with Crippen LogP contribution in [-0.4, -0.2) is 30.1 Å². The molecule has 0 heterocycles. The highest BCUT2D eigenvalue weighted by Crippen LogP contribution is 2.26. The van der Waals surface area contributed by atoms with Crippen molar-refractivity contribution >= 4 is 0 Å². The van der Waals surface area contributed by atoms with Gasteiger partial charge in [-0.25, -0.2) is 0 Å². The highest BCUT2D eigenvalue weighted by atomic mass is 15.2. The van der Waals surface area contributed by atoms with Crippen molar-refractivity contribution in [2.24, 2.45) is 5.73 Å². The molecule has 0 radical (unpaired) electrons. The van der Waals surface area contributed by atoms with E-state index in [2.05, 4.69) is 18.4 Å². The van der Waals surface area contributed by atoms with Crippen LogP contribution in [0.15, 0.2) is 12.7 Å². The van der Waals surface area contributed by atoms with Crippen molar-refractivity contribution in [3.63, 3.8) is 0 Å². The van der Waals surface area contributed by atoms with Crippen molar-refractivity contribution in [1.82, 2.24) is 4.90 Å². The predicted molar refractivity (Wildman–Crippen MR) is 53.1 cm³/mol. The van der Waals surface area contributed by atoms with Crippen LogP contribution in [-0.2, 0) is 0 Å². The highest BCUT2D eigenvalue weighted by molar-refractivity contribution is 4.89. The summed E-state index contributed by atoms with van der Waals surface area (Å²) < 4.78 is 0. The molecule has 1 aliphatic carbocycles. The molecule has 1 unspecified atom stereocenters.